The van der Waals surface area contributed by atoms with Gasteiger partial charge in [-0.1, -0.05) is 78.1 Å². The minimum absolute atomic E-state index is 0.225. The zero-order valence-electron chi connectivity index (χ0n) is 21.1. The lowest BCUT2D eigenvalue weighted by Gasteiger charge is -2.39. The number of hydrogen-bond acceptors (Lipinski definition) is 1. The molecule has 0 radical (unpaired) electrons. The number of halogens is 2. The fraction of sp³-hybridized carbons (Fsp3) is 0.767. The smallest absolute Gasteiger partial charge is 0.144 e. The summed E-state index contributed by atoms with van der Waals surface area (Å²) in [5.41, 5.74) is 0.282. The molecule has 0 aromatic heterocycles. The highest BCUT2D eigenvalue weighted by atomic mass is 19.1. The maximum atomic E-state index is 14.0. The molecule has 1 aromatic rings. The lowest BCUT2D eigenvalue weighted by Crippen LogP contribution is -2.28. The van der Waals surface area contributed by atoms with Crippen LogP contribution in [0.25, 0.3) is 0 Å². The predicted octanol–water partition coefficient (Wildman–Crippen LogP) is 9.69. The summed E-state index contributed by atoms with van der Waals surface area (Å²) in [6, 6.07) is 4.41. The molecule has 0 saturated heterocycles. The Kier molecular flexibility index (Phi) is 10.7. The van der Waals surface area contributed by atoms with Crippen molar-refractivity contribution in [3.05, 3.63) is 34.9 Å². The molecule has 0 aliphatic heterocycles. The molecule has 0 N–H and O–H groups in total. The molecule has 0 bridgehead atoms. The van der Waals surface area contributed by atoms with Gasteiger partial charge in [0.2, 0.25) is 0 Å². The molecule has 2 fully saturated rings. The van der Waals surface area contributed by atoms with Gasteiger partial charge >= 0.3 is 0 Å². The van der Waals surface area contributed by atoms with Crippen molar-refractivity contribution in [1.82, 2.24) is 0 Å². The van der Waals surface area contributed by atoms with Crippen LogP contribution in [0.4, 0.5) is 8.78 Å². The fourth-order valence-electron chi connectivity index (χ4n) is 6.69. The highest BCUT2D eigenvalue weighted by Crippen LogP contribution is 2.45. The molecule has 33 heavy (non-hydrogen) atoms. The Morgan fingerprint density at radius 2 is 1.33 bits per heavy atom. The van der Waals surface area contributed by atoms with Gasteiger partial charge in [-0.05, 0) is 85.8 Å². The van der Waals surface area contributed by atoms with Gasteiger partial charge in [0.25, 0.3) is 0 Å². The Balaban J connectivity index is 1.36. The average Bonchev–Trinajstić information content (AvgIpc) is 2.83. The number of nitrogens with zero attached hydrogens (tertiary/aromatic N) is 1. The zero-order valence-corrected chi connectivity index (χ0v) is 21.1. The molecule has 1 nitrogen and oxygen atoms in total. The largest absolute Gasteiger partial charge is 0.205 e. The van der Waals surface area contributed by atoms with Gasteiger partial charge in [0.1, 0.15) is 23.3 Å². The summed E-state index contributed by atoms with van der Waals surface area (Å²) in [5.74, 6) is 2.14. The second kappa shape index (κ2) is 13.5. The first-order chi connectivity index (χ1) is 16.0. The number of rotatable bonds is 11. The van der Waals surface area contributed by atoms with Crippen LogP contribution >= 0.6 is 0 Å². The van der Waals surface area contributed by atoms with Crippen LogP contribution in [0.2, 0.25) is 0 Å². The molecule has 3 heteroatoms. The summed E-state index contributed by atoms with van der Waals surface area (Å²) in [6.45, 7) is 4.75. The number of nitriles is 1. The van der Waals surface area contributed by atoms with Gasteiger partial charge in [-0.25, -0.2) is 8.78 Å². The van der Waals surface area contributed by atoms with Crippen LogP contribution in [0, 0.1) is 46.6 Å². The van der Waals surface area contributed by atoms with Gasteiger partial charge < -0.3 is 0 Å². The summed E-state index contributed by atoms with van der Waals surface area (Å²) >= 11 is 0. The third-order valence-electron chi connectivity index (χ3n) is 9.01. The van der Waals surface area contributed by atoms with E-state index in [9.17, 15) is 8.78 Å². The first-order valence-electron chi connectivity index (χ1n) is 13.9. The summed E-state index contributed by atoms with van der Waals surface area (Å²) in [6.07, 6.45) is 21.3. The first kappa shape index (κ1) is 26.2. The molecule has 3 rings (SSSR count). The van der Waals surface area contributed by atoms with Crippen LogP contribution in [-0.2, 0) is 0 Å². The van der Waals surface area contributed by atoms with E-state index in [0.29, 0.717) is 0 Å². The van der Waals surface area contributed by atoms with Gasteiger partial charge in [0.05, 0.1) is 0 Å². The first-order valence-corrected chi connectivity index (χ1v) is 13.9. The van der Waals surface area contributed by atoms with Crippen LogP contribution in [0.1, 0.15) is 134 Å². The summed E-state index contributed by atoms with van der Waals surface area (Å²) in [4.78, 5) is 0. The van der Waals surface area contributed by atoms with Gasteiger partial charge in [-0.2, -0.15) is 5.26 Å². The minimum Gasteiger partial charge on any atom is -0.205 e. The van der Waals surface area contributed by atoms with E-state index in [1.165, 1.54) is 89.2 Å². The molecule has 1 atom stereocenters. The molecule has 2 aliphatic rings. The Morgan fingerprint density at radius 1 is 0.818 bits per heavy atom. The third-order valence-corrected chi connectivity index (χ3v) is 9.01. The number of hydrogen-bond donors (Lipinski definition) is 0. The van der Waals surface area contributed by atoms with E-state index >= 15 is 0 Å². The molecule has 1 aromatic carbocycles. The maximum Gasteiger partial charge on any atom is 0.144 e. The quantitative estimate of drug-likeness (QED) is 0.303. The van der Waals surface area contributed by atoms with Crippen LogP contribution < -0.4 is 0 Å². The molecule has 2 saturated carbocycles. The maximum absolute atomic E-state index is 14.0. The summed E-state index contributed by atoms with van der Waals surface area (Å²) < 4.78 is 28.1. The molecule has 0 amide bonds. The standard InChI is InChI=1S/C30H45F2N/c1-3-4-5-6-7-8-9-10-23-11-13-24(14-12-23)22(2)25-15-17-26(18-16-25)27-19-29(31)28(21-33)30(32)20-27/h19-20,22-26H,3-18H2,1-2H3. The molecule has 0 spiro atoms. The van der Waals surface area contributed by atoms with Gasteiger partial charge in [-0.15, -0.1) is 0 Å². The molecule has 184 valence electrons. The Hall–Kier alpha value is -1.43. The van der Waals surface area contributed by atoms with Crippen molar-refractivity contribution in [1.29, 1.82) is 5.26 Å². The monoisotopic (exact) mass is 457 g/mol. The van der Waals surface area contributed by atoms with Gasteiger partial charge in [0, 0.05) is 0 Å². The van der Waals surface area contributed by atoms with Crippen molar-refractivity contribution < 1.29 is 8.78 Å². The topological polar surface area (TPSA) is 23.8 Å². The number of unbranched alkanes of at least 4 members (excludes halogenated alkanes) is 6. The lowest BCUT2D eigenvalue weighted by atomic mass is 9.66. The number of benzene rings is 1. The van der Waals surface area contributed by atoms with E-state index in [2.05, 4.69) is 13.8 Å². The van der Waals surface area contributed by atoms with Gasteiger partial charge in [0.15, 0.2) is 0 Å². The Bertz CT molecular complexity index is 728. The SMILES string of the molecule is CCCCCCCCCC1CCC(C(C)C2CCC(c3cc(F)c(C#N)c(F)c3)CC2)CC1. The van der Waals surface area contributed by atoms with Crippen LogP contribution in [0.5, 0.6) is 0 Å². The molecular weight excluding hydrogens is 412 g/mol. The van der Waals surface area contributed by atoms with Gasteiger partial charge in [-0.3, -0.25) is 0 Å². The normalized spacial score (nSPS) is 26.6. The fourth-order valence-corrected chi connectivity index (χ4v) is 6.69. The Labute approximate surface area is 201 Å². The van der Waals surface area contributed by atoms with Crippen molar-refractivity contribution in [3.63, 3.8) is 0 Å². The minimum atomic E-state index is -0.712. The summed E-state index contributed by atoms with van der Waals surface area (Å²) in [5, 5.41) is 8.90. The second-order valence-electron chi connectivity index (χ2n) is 11.1. The van der Waals surface area contributed by atoms with E-state index in [1.54, 1.807) is 6.07 Å². The van der Waals surface area contributed by atoms with Crippen molar-refractivity contribution in [2.24, 2.45) is 23.7 Å². The zero-order chi connectivity index (χ0) is 23.6. The van der Waals surface area contributed by atoms with E-state index < -0.39 is 17.2 Å². The van der Waals surface area contributed by atoms with Crippen LogP contribution in [-0.4, -0.2) is 0 Å². The van der Waals surface area contributed by atoms with Crippen molar-refractivity contribution in [2.75, 3.05) is 0 Å². The average molecular weight is 458 g/mol. The van der Waals surface area contributed by atoms with E-state index in [1.807, 2.05) is 0 Å². The van der Waals surface area contributed by atoms with Crippen molar-refractivity contribution in [2.45, 2.75) is 122 Å². The molecular formula is C30H45F2N. The van der Waals surface area contributed by atoms with Crippen molar-refractivity contribution in [3.8, 4) is 6.07 Å². The van der Waals surface area contributed by atoms with E-state index in [4.69, 9.17) is 5.26 Å². The van der Waals surface area contributed by atoms with Crippen molar-refractivity contribution >= 4 is 0 Å². The Morgan fingerprint density at radius 3 is 1.88 bits per heavy atom. The van der Waals surface area contributed by atoms with E-state index in [-0.39, 0.29) is 5.92 Å². The lowest BCUT2D eigenvalue weighted by molar-refractivity contribution is 0.131. The highest BCUT2D eigenvalue weighted by Gasteiger charge is 2.33. The van der Waals surface area contributed by atoms with Crippen LogP contribution in [0.15, 0.2) is 12.1 Å². The summed E-state index contributed by atoms with van der Waals surface area (Å²) in [7, 11) is 0. The predicted molar refractivity (Wildman–Crippen MR) is 133 cm³/mol. The highest BCUT2D eigenvalue weighted by molar-refractivity contribution is 5.36. The van der Waals surface area contributed by atoms with Crippen LogP contribution in [0.3, 0.4) is 0 Å². The van der Waals surface area contributed by atoms with E-state index in [0.717, 1.165) is 54.9 Å². The molecule has 2 aliphatic carbocycles. The second-order valence-corrected chi connectivity index (χ2v) is 11.1. The molecule has 0 heterocycles. The molecule has 1 unspecified atom stereocenters. The third kappa shape index (κ3) is 7.53.